The van der Waals surface area contributed by atoms with Crippen molar-refractivity contribution in [1.82, 2.24) is 25.1 Å². The molecule has 0 unspecified atom stereocenters. The largest absolute Gasteiger partial charge is 0.494 e. The summed E-state index contributed by atoms with van der Waals surface area (Å²) in [4.78, 5) is 22.6. The zero-order valence-corrected chi connectivity index (χ0v) is 18.5. The van der Waals surface area contributed by atoms with E-state index in [-0.39, 0.29) is 5.91 Å². The van der Waals surface area contributed by atoms with E-state index in [0.29, 0.717) is 29.2 Å². The first-order chi connectivity index (χ1) is 15.5. The minimum Gasteiger partial charge on any atom is -0.494 e. The highest BCUT2D eigenvalue weighted by Crippen LogP contribution is 2.34. The van der Waals surface area contributed by atoms with Gasteiger partial charge >= 0.3 is 0 Å². The lowest BCUT2D eigenvalue weighted by Crippen LogP contribution is -2.21. The highest BCUT2D eigenvalue weighted by molar-refractivity contribution is 5.97. The number of rotatable bonds is 6. The summed E-state index contributed by atoms with van der Waals surface area (Å²) in [6, 6.07) is 15.3. The third-order valence-corrected chi connectivity index (χ3v) is 5.09. The molecule has 32 heavy (non-hydrogen) atoms. The van der Waals surface area contributed by atoms with E-state index in [4.69, 9.17) is 4.74 Å². The van der Waals surface area contributed by atoms with Gasteiger partial charge < -0.3 is 15.0 Å². The number of aromatic nitrogens is 4. The molecular weight excluding hydrogens is 404 g/mol. The summed E-state index contributed by atoms with van der Waals surface area (Å²) < 4.78 is 5.61. The maximum absolute atomic E-state index is 12.2. The summed E-state index contributed by atoms with van der Waals surface area (Å²) in [6.45, 7) is 2.38. The van der Waals surface area contributed by atoms with E-state index >= 15 is 0 Å². The first-order valence-electron chi connectivity index (χ1n) is 10.1. The molecule has 0 fully saturated rings. The van der Waals surface area contributed by atoms with E-state index in [1.807, 2.05) is 55.5 Å². The number of hydrogen-bond donors (Lipinski definition) is 1. The molecule has 8 nitrogen and oxygen atoms in total. The third-order valence-electron chi connectivity index (χ3n) is 5.09. The van der Waals surface area contributed by atoms with E-state index in [2.05, 4.69) is 25.5 Å². The molecule has 0 radical (unpaired) electrons. The molecule has 1 amide bonds. The molecule has 0 saturated heterocycles. The third kappa shape index (κ3) is 4.34. The number of ether oxygens (including phenoxy) is 1. The van der Waals surface area contributed by atoms with Crippen molar-refractivity contribution in [3.8, 4) is 16.9 Å². The number of benzene rings is 2. The summed E-state index contributed by atoms with van der Waals surface area (Å²) in [5.74, 6) is 1.29. The van der Waals surface area contributed by atoms with Gasteiger partial charge in [0.2, 0.25) is 0 Å². The first-order valence-corrected chi connectivity index (χ1v) is 10.1. The van der Waals surface area contributed by atoms with Gasteiger partial charge in [-0.1, -0.05) is 12.1 Å². The maximum Gasteiger partial charge on any atom is 0.253 e. The smallest absolute Gasteiger partial charge is 0.253 e. The first kappa shape index (κ1) is 21.2. The standard InChI is InChI=1S/C24H24N6O2/c1-15-5-10-19(29-28-15)13-25-23-20-11-18(12-21(32-4)22(20)26-14-27-23)16-6-8-17(9-7-16)24(31)30(2)3/h5-12,14H,13H2,1-4H3,(H,25,26,27). The normalized spacial score (nSPS) is 10.8. The Balaban J connectivity index is 1.70. The minimum absolute atomic E-state index is 0.0354. The molecule has 0 bridgehead atoms. The zero-order valence-electron chi connectivity index (χ0n) is 18.5. The number of aryl methyl sites for hydroxylation is 1. The van der Waals surface area contributed by atoms with Crippen LogP contribution in [0.1, 0.15) is 21.7 Å². The Hall–Kier alpha value is -4.07. The van der Waals surface area contributed by atoms with Crippen LogP contribution in [0.2, 0.25) is 0 Å². The molecular formula is C24H24N6O2. The molecule has 0 atom stereocenters. The molecule has 0 aliphatic rings. The van der Waals surface area contributed by atoms with Crippen LogP contribution in [0, 0.1) is 6.92 Å². The lowest BCUT2D eigenvalue weighted by molar-refractivity contribution is 0.0827. The fourth-order valence-electron chi connectivity index (χ4n) is 3.36. The molecule has 2 aromatic heterocycles. The number of hydrogen-bond acceptors (Lipinski definition) is 7. The van der Waals surface area contributed by atoms with Crippen molar-refractivity contribution in [2.45, 2.75) is 13.5 Å². The predicted octanol–water partition coefficient (Wildman–Crippen LogP) is 3.72. The SMILES string of the molecule is COc1cc(-c2ccc(C(=O)N(C)C)cc2)cc2c(NCc3ccc(C)nn3)ncnc12. The minimum atomic E-state index is -0.0354. The molecule has 2 heterocycles. The van der Waals surface area contributed by atoms with Crippen LogP contribution in [0.25, 0.3) is 22.0 Å². The molecule has 162 valence electrons. The van der Waals surface area contributed by atoms with Crippen LogP contribution in [0.5, 0.6) is 5.75 Å². The second-order valence-electron chi connectivity index (χ2n) is 7.59. The molecule has 1 N–H and O–H groups in total. The van der Waals surface area contributed by atoms with Crippen molar-refractivity contribution in [3.63, 3.8) is 0 Å². The second kappa shape index (κ2) is 8.97. The fraction of sp³-hybridized carbons (Fsp3) is 0.208. The Morgan fingerprint density at radius 3 is 2.44 bits per heavy atom. The van der Waals surface area contributed by atoms with Gasteiger partial charge in [-0.2, -0.15) is 10.2 Å². The lowest BCUT2D eigenvalue weighted by Gasteiger charge is -2.13. The molecule has 2 aromatic carbocycles. The average Bonchev–Trinajstić information content (AvgIpc) is 2.82. The van der Waals surface area contributed by atoms with E-state index in [0.717, 1.165) is 27.9 Å². The van der Waals surface area contributed by atoms with Crippen molar-refractivity contribution in [3.05, 3.63) is 71.8 Å². The highest BCUT2D eigenvalue weighted by atomic mass is 16.5. The number of carbonyl (C=O) groups excluding carboxylic acids is 1. The maximum atomic E-state index is 12.2. The van der Waals surface area contributed by atoms with Crippen molar-refractivity contribution in [2.75, 3.05) is 26.5 Å². The van der Waals surface area contributed by atoms with E-state index in [1.54, 1.807) is 26.1 Å². The number of anilines is 1. The average molecular weight is 428 g/mol. The molecule has 0 aliphatic carbocycles. The zero-order chi connectivity index (χ0) is 22.7. The summed E-state index contributed by atoms with van der Waals surface area (Å²) in [7, 11) is 5.09. The monoisotopic (exact) mass is 428 g/mol. The summed E-state index contributed by atoms with van der Waals surface area (Å²) in [5, 5.41) is 12.5. The van der Waals surface area contributed by atoms with Crippen LogP contribution in [0.4, 0.5) is 5.82 Å². The van der Waals surface area contributed by atoms with E-state index in [9.17, 15) is 4.79 Å². The van der Waals surface area contributed by atoms with Gasteiger partial charge in [0.25, 0.3) is 5.91 Å². The number of methoxy groups -OCH3 is 1. The van der Waals surface area contributed by atoms with Crippen molar-refractivity contribution < 1.29 is 9.53 Å². The Bertz CT molecular complexity index is 1250. The Morgan fingerprint density at radius 2 is 1.78 bits per heavy atom. The van der Waals surface area contributed by atoms with Crippen LogP contribution in [0.3, 0.4) is 0 Å². The Morgan fingerprint density at radius 1 is 1.00 bits per heavy atom. The summed E-state index contributed by atoms with van der Waals surface area (Å²) >= 11 is 0. The second-order valence-corrected chi connectivity index (χ2v) is 7.59. The van der Waals surface area contributed by atoms with Crippen molar-refractivity contribution in [1.29, 1.82) is 0 Å². The number of amides is 1. The number of nitrogens with zero attached hydrogens (tertiary/aromatic N) is 5. The summed E-state index contributed by atoms with van der Waals surface area (Å²) in [6.07, 6.45) is 1.51. The van der Waals surface area contributed by atoms with Crippen LogP contribution in [-0.4, -0.2) is 52.2 Å². The fourth-order valence-corrected chi connectivity index (χ4v) is 3.36. The predicted molar refractivity (Wildman–Crippen MR) is 124 cm³/mol. The van der Waals surface area contributed by atoms with Crippen molar-refractivity contribution >= 4 is 22.6 Å². The topological polar surface area (TPSA) is 93.1 Å². The van der Waals surface area contributed by atoms with Gasteiger partial charge in [-0.3, -0.25) is 4.79 Å². The van der Waals surface area contributed by atoms with Crippen molar-refractivity contribution in [2.24, 2.45) is 0 Å². The van der Waals surface area contributed by atoms with Crippen LogP contribution >= 0.6 is 0 Å². The highest BCUT2D eigenvalue weighted by Gasteiger charge is 2.13. The Labute approximate surface area is 186 Å². The van der Waals surface area contributed by atoms with Gasteiger partial charge in [0, 0.05) is 25.0 Å². The quantitative estimate of drug-likeness (QED) is 0.500. The molecule has 8 heteroatoms. The van der Waals surface area contributed by atoms with Gasteiger partial charge in [0.15, 0.2) is 0 Å². The molecule has 0 spiro atoms. The van der Waals surface area contributed by atoms with Crippen LogP contribution in [0.15, 0.2) is 54.9 Å². The van der Waals surface area contributed by atoms with Gasteiger partial charge in [-0.15, -0.1) is 0 Å². The lowest BCUT2D eigenvalue weighted by atomic mass is 10.0. The molecule has 4 rings (SSSR count). The van der Waals surface area contributed by atoms with Gasteiger partial charge in [-0.25, -0.2) is 9.97 Å². The molecule has 4 aromatic rings. The van der Waals surface area contributed by atoms with Gasteiger partial charge in [0.1, 0.15) is 23.4 Å². The van der Waals surface area contributed by atoms with E-state index in [1.165, 1.54) is 6.33 Å². The number of fused-ring (bicyclic) bond motifs is 1. The van der Waals surface area contributed by atoms with E-state index < -0.39 is 0 Å². The molecule has 0 saturated carbocycles. The van der Waals surface area contributed by atoms with Gasteiger partial charge in [0.05, 0.1) is 25.0 Å². The molecule has 0 aliphatic heterocycles. The number of carbonyl (C=O) groups is 1. The number of nitrogens with one attached hydrogen (secondary N) is 1. The summed E-state index contributed by atoms with van der Waals surface area (Å²) in [5.41, 5.74) is 4.92. The van der Waals surface area contributed by atoms with Crippen LogP contribution < -0.4 is 10.1 Å². The van der Waals surface area contributed by atoms with Gasteiger partial charge in [-0.05, 0) is 54.4 Å². The Kier molecular flexibility index (Phi) is 5.93. The van der Waals surface area contributed by atoms with Crippen LogP contribution in [-0.2, 0) is 6.54 Å².